The van der Waals surface area contributed by atoms with Gasteiger partial charge in [-0.3, -0.25) is 9.59 Å². The second kappa shape index (κ2) is 6.00. The molecule has 0 aliphatic carbocycles. The average molecular weight is 236 g/mol. The van der Waals surface area contributed by atoms with Gasteiger partial charge in [0.25, 0.3) is 0 Å². The van der Waals surface area contributed by atoms with Gasteiger partial charge in [-0.25, -0.2) is 0 Å². The van der Waals surface area contributed by atoms with Crippen molar-refractivity contribution in [1.29, 1.82) is 0 Å². The molecule has 0 fully saturated rings. The van der Waals surface area contributed by atoms with Crippen molar-refractivity contribution in [1.82, 2.24) is 4.90 Å². The first-order chi connectivity index (χ1) is 8.00. The van der Waals surface area contributed by atoms with Gasteiger partial charge in [0.05, 0.1) is 12.5 Å². The van der Waals surface area contributed by atoms with E-state index in [0.717, 1.165) is 5.56 Å². The number of carbonyl (C=O) groups excluding carboxylic acids is 1. The van der Waals surface area contributed by atoms with Crippen LogP contribution >= 0.6 is 0 Å². The molecule has 1 aromatic carbocycles. The van der Waals surface area contributed by atoms with Gasteiger partial charge in [-0.05, 0) is 5.56 Å². The maximum Gasteiger partial charge on any atom is 0.305 e. The first-order valence-corrected chi connectivity index (χ1v) is 5.27. The summed E-state index contributed by atoms with van der Waals surface area (Å²) in [5.74, 6) is -1.43. The van der Waals surface area contributed by atoms with Crippen LogP contribution in [0.5, 0.6) is 0 Å². The van der Waals surface area contributed by atoms with Gasteiger partial charge >= 0.3 is 5.97 Å². The number of aliphatic carboxylic acids is 1. The Balaban J connectivity index is 2.55. The van der Waals surface area contributed by atoms with Crippen LogP contribution in [0, 0.1) is 0 Å². The summed E-state index contributed by atoms with van der Waals surface area (Å²) in [6, 6.07) is 8.46. The zero-order valence-corrected chi connectivity index (χ0v) is 9.67. The van der Waals surface area contributed by atoms with Crippen LogP contribution in [-0.2, 0) is 16.1 Å². The SMILES string of the molecule is CN(Cc1ccccc1)C(=O)[C@@H](N)CC(=O)O. The van der Waals surface area contributed by atoms with Crippen LogP contribution in [0.15, 0.2) is 30.3 Å². The van der Waals surface area contributed by atoms with E-state index in [0.29, 0.717) is 6.54 Å². The van der Waals surface area contributed by atoms with Crippen LogP contribution in [-0.4, -0.2) is 35.0 Å². The Morgan fingerprint density at radius 3 is 2.47 bits per heavy atom. The molecule has 1 amide bonds. The fourth-order valence-corrected chi connectivity index (χ4v) is 1.49. The number of nitrogens with two attached hydrogens (primary N) is 1. The molecule has 5 nitrogen and oxygen atoms in total. The predicted octanol–water partition coefficient (Wildman–Crippen LogP) is 0.447. The number of carbonyl (C=O) groups is 2. The van der Waals surface area contributed by atoms with E-state index in [9.17, 15) is 9.59 Å². The van der Waals surface area contributed by atoms with E-state index in [1.54, 1.807) is 7.05 Å². The molecule has 17 heavy (non-hydrogen) atoms. The van der Waals surface area contributed by atoms with Crippen molar-refractivity contribution in [3.8, 4) is 0 Å². The van der Waals surface area contributed by atoms with E-state index in [1.165, 1.54) is 4.90 Å². The van der Waals surface area contributed by atoms with Gasteiger partial charge in [-0.1, -0.05) is 30.3 Å². The van der Waals surface area contributed by atoms with Crippen molar-refractivity contribution in [3.05, 3.63) is 35.9 Å². The third kappa shape index (κ3) is 4.24. The van der Waals surface area contributed by atoms with Gasteiger partial charge in [-0.2, -0.15) is 0 Å². The molecule has 1 rings (SSSR count). The van der Waals surface area contributed by atoms with Gasteiger partial charge < -0.3 is 15.7 Å². The van der Waals surface area contributed by atoms with Crippen LogP contribution in [0.25, 0.3) is 0 Å². The smallest absolute Gasteiger partial charge is 0.305 e. The minimum Gasteiger partial charge on any atom is -0.481 e. The Morgan fingerprint density at radius 2 is 1.94 bits per heavy atom. The minimum absolute atomic E-state index is 0.349. The maximum atomic E-state index is 11.7. The third-order valence-corrected chi connectivity index (χ3v) is 2.35. The highest BCUT2D eigenvalue weighted by molar-refractivity contribution is 5.85. The average Bonchev–Trinajstić information content (AvgIpc) is 2.28. The molecule has 0 saturated heterocycles. The van der Waals surface area contributed by atoms with Crippen molar-refractivity contribution in [2.45, 2.75) is 19.0 Å². The van der Waals surface area contributed by atoms with Crippen LogP contribution in [0.4, 0.5) is 0 Å². The molecule has 0 spiro atoms. The molecule has 3 N–H and O–H groups in total. The summed E-state index contributed by atoms with van der Waals surface area (Å²) >= 11 is 0. The van der Waals surface area contributed by atoms with E-state index >= 15 is 0 Å². The third-order valence-electron chi connectivity index (χ3n) is 2.35. The van der Waals surface area contributed by atoms with Gasteiger partial charge in [-0.15, -0.1) is 0 Å². The molecule has 0 saturated carbocycles. The Kier molecular flexibility index (Phi) is 4.66. The number of benzene rings is 1. The van der Waals surface area contributed by atoms with Crippen molar-refractivity contribution in [3.63, 3.8) is 0 Å². The summed E-state index contributed by atoms with van der Waals surface area (Å²) in [7, 11) is 1.61. The monoisotopic (exact) mass is 236 g/mol. The molecule has 0 aliphatic heterocycles. The first kappa shape index (κ1) is 13.2. The molecule has 1 atom stereocenters. The molecule has 0 aliphatic rings. The topological polar surface area (TPSA) is 83.6 Å². The fourth-order valence-electron chi connectivity index (χ4n) is 1.49. The highest BCUT2D eigenvalue weighted by Crippen LogP contribution is 2.04. The second-order valence-corrected chi connectivity index (χ2v) is 3.88. The number of hydrogen-bond acceptors (Lipinski definition) is 3. The lowest BCUT2D eigenvalue weighted by Gasteiger charge is -2.20. The molecule has 5 heteroatoms. The van der Waals surface area contributed by atoms with Gasteiger partial charge in [0, 0.05) is 13.6 Å². The van der Waals surface area contributed by atoms with E-state index < -0.39 is 12.0 Å². The Hall–Kier alpha value is -1.88. The molecule has 0 heterocycles. The Morgan fingerprint density at radius 1 is 1.35 bits per heavy atom. The minimum atomic E-state index is -1.07. The zero-order chi connectivity index (χ0) is 12.8. The van der Waals surface area contributed by atoms with E-state index in [1.807, 2.05) is 30.3 Å². The fraction of sp³-hybridized carbons (Fsp3) is 0.333. The molecule has 1 aromatic rings. The number of rotatable bonds is 5. The highest BCUT2D eigenvalue weighted by atomic mass is 16.4. The highest BCUT2D eigenvalue weighted by Gasteiger charge is 2.20. The summed E-state index contributed by atoms with van der Waals surface area (Å²) in [4.78, 5) is 23.6. The van der Waals surface area contributed by atoms with Crippen molar-refractivity contribution in [2.75, 3.05) is 7.05 Å². The zero-order valence-electron chi connectivity index (χ0n) is 9.67. The molecule has 92 valence electrons. The lowest BCUT2D eigenvalue weighted by atomic mass is 10.1. The summed E-state index contributed by atoms with van der Waals surface area (Å²) in [5, 5.41) is 8.55. The summed E-state index contributed by atoms with van der Waals surface area (Å²) in [5.41, 5.74) is 6.48. The predicted molar refractivity (Wildman–Crippen MR) is 63.1 cm³/mol. The Bertz CT molecular complexity index is 392. The van der Waals surface area contributed by atoms with Crippen molar-refractivity contribution in [2.24, 2.45) is 5.73 Å². The van der Waals surface area contributed by atoms with Gasteiger partial charge in [0.1, 0.15) is 0 Å². The number of hydrogen-bond donors (Lipinski definition) is 2. The molecule has 0 unspecified atom stereocenters. The largest absolute Gasteiger partial charge is 0.481 e. The number of amides is 1. The van der Waals surface area contributed by atoms with Crippen LogP contribution in [0.2, 0.25) is 0 Å². The molecular formula is C12H16N2O3. The van der Waals surface area contributed by atoms with Crippen LogP contribution in [0.3, 0.4) is 0 Å². The molecular weight excluding hydrogens is 220 g/mol. The lowest BCUT2D eigenvalue weighted by Crippen LogP contribution is -2.42. The number of carboxylic acids is 1. The van der Waals surface area contributed by atoms with Crippen molar-refractivity contribution >= 4 is 11.9 Å². The lowest BCUT2D eigenvalue weighted by molar-refractivity contribution is -0.141. The number of carboxylic acid groups (broad SMARTS) is 1. The van der Waals surface area contributed by atoms with E-state index in [2.05, 4.69) is 0 Å². The van der Waals surface area contributed by atoms with Crippen LogP contribution in [0.1, 0.15) is 12.0 Å². The normalized spacial score (nSPS) is 11.9. The molecule has 0 aromatic heterocycles. The standard InChI is InChI=1S/C12H16N2O3/c1-14(8-9-5-3-2-4-6-9)12(17)10(13)7-11(15)16/h2-6,10H,7-8,13H2,1H3,(H,15,16)/t10-/m0/s1. The van der Waals surface area contributed by atoms with Crippen LogP contribution < -0.4 is 5.73 Å². The van der Waals surface area contributed by atoms with E-state index in [-0.39, 0.29) is 12.3 Å². The summed E-state index contributed by atoms with van der Waals surface area (Å²) in [6.45, 7) is 0.424. The number of nitrogens with zero attached hydrogens (tertiary/aromatic N) is 1. The summed E-state index contributed by atoms with van der Waals surface area (Å²) in [6.07, 6.45) is -0.349. The molecule has 0 bridgehead atoms. The molecule has 0 radical (unpaired) electrons. The summed E-state index contributed by atoms with van der Waals surface area (Å²) < 4.78 is 0. The maximum absolute atomic E-state index is 11.7. The second-order valence-electron chi connectivity index (χ2n) is 3.88. The van der Waals surface area contributed by atoms with Crippen molar-refractivity contribution < 1.29 is 14.7 Å². The first-order valence-electron chi connectivity index (χ1n) is 5.27. The van der Waals surface area contributed by atoms with E-state index in [4.69, 9.17) is 10.8 Å². The number of likely N-dealkylation sites (N-methyl/N-ethyl adjacent to an activating group) is 1. The quantitative estimate of drug-likeness (QED) is 0.777. The van der Waals surface area contributed by atoms with Gasteiger partial charge in [0.2, 0.25) is 5.91 Å². The van der Waals surface area contributed by atoms with Gasteiger partial charge in [0.15, 0.2) is 0 Å². The Labute approximate surface area is 99.8 Å².